The molecule has 0 aromatic carbocycles. The minimum atomic E-state index is -0.478. The van der Waals surface area contributed by atoms with Crippen LogP contribution in [0.2, 0.25) is 0 Å². The average molecular weight is 245 g/mol. The first kappa shape index (κ1) is 13.2. The summed E-state index contributed by atoms with van der Waals surface area (Å²) in [6.45, 7) is 2.30. The molecule has 5 nitrogen and oxygen atoms in total. The largest absolute Gasteiger partial charge is 0.393 e. The molecule has 1 aliphatic carbocycles. The Morgan fingerprint density at radius 2 is 2.24 bits per heavy atom. The zero-order valence-electron chi connectivity index (χ0n) is 10.2. The molecular formula is C12H23NO4. The zero-order chi connectivity index (χ0) is 12.1. The lowest BCUT2D eigenvalue weighted by Gasteiger charge is -2.32. The smallest absolute Gasteiger partial charge is 0.0897 e. The van der Waals surface area contributed by atoms with E-state index in [-0.39, 0.29) is 12.2 Å². The summed E-state index contributed by atoms with van der Waals surface area (Å²) in [6, 6.07) is 0.359. The van der Waals surface area contributed by atoms with Gasteiger partial charge in [0.1, 0.15) is 0 Å². The van der Waals surface area contributed by atoms with Crippen molar-refractivity contribution in [1.29, 1.82) is 0 Å². The molecule has 1 saturated carbocycles. The van der Waals surface area contributed by atoms with Gasteiger partial charge >= 0.3 is 0 Å². The Kier molecular flexibility index (Phi) is 5.18. The summed E-state index contributed by atoms with van der Waals surface area (Å²) in [6.07, 6.45) is 3.36. The molecule has 0 bridgehead atoms. The molecule has 3 N–H and O–H groups in total. The molecule has 0 amide bonds. The van der Waals surface area contributed by atoms with Crippen LogP contribution in [0.25, 0.3) is 0 Å². The van der Waals surface area contributed by atoms with Crippen LogP contribution < -0.4 is 5.32 Å². The lowest BCUT2D eigenvalue weighted by Crippen LogP contribution is -2.47. The van der Waals surface area contributed by atoms with Crippen molar-refractivity contribution < 1.29 is 19.7 Å². The fourth-order valence-corrected chi connectivity index (χ4v) is 2.23. The summed E-state index contributed by atoms with van der Waals surface area (Å²) in [4.78, 5) is 0. The van der Waals surface area contributed by atoms with Gasteiger partial charge in [0.05, 0.1) is 31.5 Å². The van der Waals surface area contributed by atoms with Gasteiger partial charge in [-0.15, -0.1) is 0 Å². The molecule has 5 heteroatoms. The van der Waals surface area contributed by atoms with E-state index < -0.39 is 6.10 Å². The normalized spacial score (nSPS) is 34.6. The molecule has 1 saturated heterocycles. The molecular weight excluding hydrogens is 222 g/mol. The Morgan fingerprint density at radius 1 is 1.41 bits per heavy atom. The van der Waals surface area contributed by atoms with Crippen molar-refractivity contribution in [2.75, 3.05) is 26.4 Å². The third-order valence-corrected chi connectivity index (χ3v) is 3.39. The summed E-state index contributed by atoms with van der Waals surface area (Å²) in [7, 11) is 0. The molecule has 0 aromatic heterocycles. The number of rotatable bonds is 7. The van der Waals surface area contributed by atoms with Crippen LogP contribution in [0.3, 0.4) is 0 Å². The maximum Gasteiger partial charge on any atom is 0.0897 e. The number of aliphatic hydroxyl groups excluding tert-OH is 2. The number of aliphatic hydroxyl groups is 2. The molecule has 0 aromatic rings. The van der Waals surface area contributed by atoms with Gasteiger partial charge in [-0.25, -0.2) is 0 Å². The highest BCUT2D eigenvalue weighted by atomic mass is 16.5. The third-order valence-electron chi connectivity index (χ3n) is 3.39. The summed E-state index contributed by atoms with van der Waals surface area (Å²) in [5, 5.41) is 22.0. The summed E-state index contributed by atoms with van der Waals surface area (Å²) >= 11 is 0. The van der Waals surface area contributed by atoms with Crippen molar-refractivity contribution >= 4 is 0 Å². The maximum atomic E-state index is 9.67. The number of hydrogen-bond acceptors (Lipinski definition) is 5. The lowest BCUT2D eigenvalue weighted by molar-refractivity contribution is -0.0195. The lowest BCUT2D eigenvalue weighted by atomic mass is 9.89. The van der Waals surface area contributed by atoms with Gasteiger partial charge in [-0.05, 0) is 25.7 Å². The highest BCUT2D eigenvalue weighted by molar-refractivity contribution is 4.85. The van der Waals surface area contributed by atoms with Gasteiger partial charge in [-0.1, -0.05) is 0 Å². The zero-order valence-corrected chi connectivity index (χ0v) is 10.2. The fraction of sp³-hybridized carbons (Fsp3) is 1.00. The standard InChI is InChI=1S/C12H23NO4/c14-10-4-9(5-10)13-6-11(15)7-16-8-12-2-1-3-17-12/h9-15H,1-8H2. The topological polar surface area (TPSA) is 71.0 Å². The average Bonchev–Trinajstić information content (AvgIpc) is 2.76. The van der Waals surface area contributed by atoms with E-state index >= 15 is 0 Å². The predicted molar refractivity (Wildman–Crippen MR) is 62.8 cm³/mol. The first-order valence-electron chi connectivity index (χ1n) is 6.53. The van der Waals surface area contributed by atoms with Crippen LogP contribution in [0.1, 0.15) is 25.7 Å². The van der Waals surface area contributed by atoms with Crippen molar-refractivity contribution in [2.24, 2.45) is 0 Å². The second-order valence-electron chi connectivity index (χ2n) is 5.06. The van der Waals surface area contributed by atoms with Crippen LogP contribution in [0, 0.1) is 0 Å². The van der Waals surface area contributed by atoms with Crippen LogP contribution in [-0.4, -0.2) is 60.9 Å². The maximum absolute atomic E-state index is 9.67. The van der Waals surface area contributed by atoms with E-state index in [0.717, 1.165) is 32.3 Å². The van der Waals surface area contributed by atoms with Crippen molar-refractivity contribution in [1.82, 2.24) is 5.32 Å². The fourth-order valence-electron chi connectivity index (χ4n) is 2.23. The molecule has 100 valence electrons. The highest BCUT2D eigenvalue weighted by Gasteiger charge is 2.26. The second kappa shape index (κ2) is 6.66. The van der Waals surface area contributed by atoms with E-state index in [1.807, 2.05) is 0 Å². The van der Waals surface area contributed by atoms with Crippen LogP contribution >= 0.6 is 0 Å². The van der Waals surface area contributed by atoms with Crippen LogP contribution in [-0.2, 0) is 9.47 Å². The van der Waals surface area contributed by atoms with E-state index in [4.69, 9.17) is 14.6 Å². The molecule has 0 radical (unpaired) electrons. The molecule has 17 heavy (non-hydrogen) atoms. The van der Waals surface area contributed by atoms with Crippen molar-refractivity contribution in [3.63, 3.8) is 0 Å². The highest BCUT2D eigenvalue weighted by Crippen LogP contribution is 2.19. The van der Waals surface area contributed by atoms with Gasteiger partial charge in [0, 0.05) is 19.2 Å². The number of ether oxygens (including phenoxy) is 2. The first-order valence-corrected chi connectivity index (χ1v) is 6.53. The molecule has 2 atom stereocenters. The predicted octanol–water partition coefficient (Wildman–Crippen LogP) is -0.344. The van der Waals surface area contributed by atoms with Gasteiger partial charge in [0.15, 0.2) is 0 Å². The molecule has 1 heterocycles. The quantitative estimate of drug-likeness (QED) is 0.572. The molecule has 0 spiro atoms. The Hall–Kier alpha value is -0.200. The monoisotopic (exact) mass is 245 g/mol. The Morgan fingerprint density at radius 3 is 2.88 bits per heavy atom. The van der Waals surface area contributed by atoms with Gasteiger partial charge in [0.2, 0.25) is 0 Å². The number of hydrogen-bond donors (Lipinski definition) is 3. The van der Waals surface area contributed by atoms with Gasteiger partial charge < -0.3 is 25.0 Å². The van der Waals surface area contributed by atoms with Gasteiger partial charge in [-0.3, -0.25) is 0 Å². The van der Waals surface area contributed by atoms with Crippen molar-refractivity contribution in [2.45, 2.75) is 50.0 Å². The van der Waals surface area contributed by atoms with Gasteiger partial charge in [0.25, 0.3) is 0 Å². The van der Waals surface area contributed by atoms with Crippen LogP contribution in [0.4, 0.5) is 0 Å². The van der Waals surface area contributed by atoms with E-state index in [1.165, 1.54) is 0 Å². The summed E-state index contributed by atoms with van der Waals surface area (Å²) < 4.78 is 10.8. The molecule has 2 aliphatic rings. The summed E-state index contributed by atoms with van der Waals surface area (Å²) in [5.74, 6) is 0. The molecule has 2 fully saturated rings. The third kappa shape index (κ3) is 4.52. The summed E-state index contributed by atoms with van der Waals surface area (Å²) in [5.41, 5.74) is 0. The van der Waals surface area contributed by atoms with Crippen LogP contribution in [0.15, 0.2) is 0 Å². The molecule has 2 unspecified atom stereocenters. The van der Waals surface area contributed by atoms with E-state index in [2.05, 4.69) is 5.32 Å². The Labute approximate surface area is 102 Å². The Balaban J connectivity index is 1.44. The first-order chi connectivity index (χ1) is 8.24. The molecule has 2 rings (SSSR count). The Bertz CT molecular complexity index is 215. The van der Waals surface area contributed by atoms with E-state index in [0.29, 0.717) is 25.8 Å². The van der Waals surface area contributed by atoms with E-state index in [9.17, 15) is 5.11 Å². The molecule has 1 aliphatic heterocycles. The minimum absolute atomic E-state index is 0.152. The van der Waals surface area contributed by atoms with Gasteiger partial charge in [-0.2, -0.15) is 0 Å². The van der Waals surface area contributed by atoms with E-state index in [1.54, 1.807) is 0 Å². The van der Waals surface area contributed by atoms with Crippen molar-refractivity contribution in [3.05, 3.63) is 0 Å². The second-order valence-corrected chi connectivity index (χ2v) is 5.06. The van der Waals surface area contributed by atoms with Crippen LogP contribution in [0.5, 0.6) is 0 Å². The SMILES string of the molecule is OC(CNC1CC(O)C1)COCC1CCCO1. The van der Waals surface area contributed by atoms with Crippen molar-refractivity contribution in [3.8, 4) is 0 Å². The number of nitrogens with one attached hydrogen (secondary N) is 1. The minimum Gasteiger partial charge on any atom is -0.393 e.